The molecule has 3 heteroatoms. The molecule has 3 nitrogen and oxygen atoms in total. The van der Waals surface area contributed by atoms with Gasteiger partial charge in [0, 0.05) is 27.7 Å². The van der Waals surface area contributed by atoms with E-state index < -0.39 is 0 Å². The van der Waals surface area contributed by atoms with Crippen LogP contribution in [0.5, 0.6) is 0 Å². The third kappa shape index (κ3) is 3.75. The zero-order chi connectivity index (χ0) is 27.2. The van der Waals surface area contributed by atoms with Gasteiger partial charge in [0.15, 0.2) is 11.2 Å². The molecule has 41 heavy (non-hydrogen) atoms. The van der Waals surface area contributed by atoms with E-state index in [1.54, 1.807) is 0 Å². The smallest absolute Gasteiger partial charge is 0.161 e. The Balaban J connectivity index is 1.45. The lowest BCUT2D eigenvalue weighted by Crippen LogP contribution is -2.11. The van der Waals surface area contributed by atoms with Crippen LogP contribution in [0.4, 0.5) is 17.1 Å². The van der Waals surface area contributed by atoms with Crippen LogP contribution in [0.1, 0.15) is 0 Å². The molecule has 0 bridgehead atoms. The Morgan fingerprint density at radius 1 is 0.463 bits per heavy atom. The second-order valence-electron chi connectivity index (χ2n) is 10.2. The molecule has 8 aromatic rings. The van der Waals surface area contributed by atoms with Crippen molar-refractivity contribution in [1.29, 1.82) is 0 Å². The maximum Gasteiger partial charge on any atom is 0.161 e. The first-order valence-corrected chi connectivity index (χ1v) is 13.9. The number of anilines is 3. The minimum atomic E-state index is 0.861. The molecule has 0 aliphatic heterocycles. The van der Waals surface area contributed by atoms with Crippen molar-refractivity contribution in [3.8, 4) is 16.8 Å². The van der Waals surface area contributed by atoms with E-state index in [2.05, 4.69) is 167 Å². The first-order valence-electron chi connectivity index (χ1n) is 13.9. The van der Waals surface area contributed by atoms with E-state index in [1.165, 1.54) is 5.56 Å². The minimum absolute atomic E-state index is 0.861. The Hall–Kier alpha value is -5.54. The lowest BCUT2D eigenvalue weighted by Gasteiger charge is -2.27. The van der Waals surface area contributed by atoms with E-state index in [-0.39, 0.29) is 0 Å². The predicted molar refractivity (Wildman–Crippen MR) is 171 cm³/mol. The van der Waals surface area contributed by atoms with Gasteiger partial charge in [-0.3, -0.25) is 0 Å². The molecule has 0 amide bonds. The van der Waals surface area contributed by atoms with Gasteiger partial charge < -0.3 is 13.9 Å². The molecule has 0 unspecified atom stereocenters. The molecule has 2 heterocycles. The highest BCUT2D eigenvalue weighted by Crippen LogP contribution is 2.47. The van der Waals surface area contributed by atoms with Crippen LogP contribution in [0.3, 0.4) is 0 Å². The number of furan rings is 1. The van der Waals surface area contributed by atoms with Gasteiger partial charge in [0.2, 0.25) is 0 Å². The third-order valence-corrected chi connectivity index (χ3v) is 7.78. The largest absolute Gasteiger partial charge is 0.451 e. The summed E-state index contributed by atoms with van der Waals surface area (Å²) < 4.78 is 9.23. The van der Waals surface area contributed by atoms with Crippen molar-refractivity contribution in [3.05, 3.63) is 158 Å². The fourth-order valence-corrected chi connectivity index (χ4v) is 6.01. The summed E-state index contributed by atoms with van der Waals surface area (Å²) in [5.41, 5.74) is 10.6. The number of nitrogens with zero attached hydrogens (tertiary/aromatic N) is 2. The Bertz CT molecular complexity index is 2140. The monoisotopic (exact) mass is 526 g/mol. The average molecular weight is 527 g/mol. The van der Waals surface area contributed by atoms with Crippen molar-refractivity contribution in [2.45, 2.75) is 0 Å². The third-order valence-electron chi connectivity index (χ3n) is 7.78. The molecule has 194 valence electrons. The summed E-state index contributed by atoms with van der Waals surface area (Å²) in [7, 11) is 0. The molecule has 0 atom stereocenters. The number of hydrogen-bond donors (Lipinski definition) is 0. The van der Waals surface area contributed by atoms with Gasteiger partial charge in [-0.15, -0.1) is 0 Å². The molecule has 0 radical (unpaired) electrons. The summed E-state index contributed by atoms with van der Waals surface area (Å²) >= 11 is 0. The van der Waals surface area contributed by atoms with E-state index >= 15 is 0 Å². The molecule has 0 aliphatic rings. The van der Waals surface area contributed by atoms with Crippen molar-refractivity contribution < 1.29 is 4.42 Å². The molecule has 8 rings (SSSR count). The summed E-state index contributed by atoms with van der Waals surface area (Å²) in [6.07, 6.45) is 0. The Labute approximate surface area is 238 Å². The highest BCUT2D eigenvalue weighted by atomic mass is 16.3. The zero-order valence-corrected chi connectivity index (χ0v) is 22.3. The van der Waals surface area contributed by atoms with Gasteiger partial charge in [0.05, 0.1) is 16.9 Å². The molecule has 0 saturated carbocycles. The Kier molecular flexibility index (Phi) is 5.46. The van der Waals surface area contributed by atoms with Crippen molar-refractivity contribution in [2.24, 2.45) is 0 Å². The second-order valence-corrected chi connectivity index (χ2v) is 10.2. The summed E-state index contributed by atoms with van der Waals surface area (Å²) in [6, 6.07) is 55.2. The number of benzene rings is 6. The van der Waals surface area contributed by atoms with Gasteiger partial charge in [0.1, 0.15) is 5.52 Å². The van der Waals surface area contributed by atoms with Crippen LogP contribution in [0.25, 0.3) is 49.8 Å². The van der Waals surface area contributed by atoms with Gasteiger partial charge in [-0.25, -0.2) is 0 Å². The number of aromatic nitrogens is 1. The van der Waals surface area contributed by atoms with Crippen LogP contribution in [-0.2, 0) is 0 Å². The topological polar surface area (TPSA) is 21.3 Å². The number of fused-ring (bicyclic) bond motifs is 5. The van der Waals surface area contributed by atoms with Gasteiger partial charge in [0.25, 0.3) is 0 Å². The first kappa shape index (κ1) is 23.4. The zero-order valence-electron chi connectivity index (χ0n) is 22.3. The van der Waals surface area contributed by atoms with E-state index in [1.807, 2.05) is 0 Å². The number of para-hydroxylation sites is 5. The summed E-state index contributed by atoms with van der Waals surface area (Å²) in [4.78, 5) is 2.32. The van der Waals surface area contributed by atoms with Crippen molar-refractivity contribution in [1.82, 2.24) is 4.57 Å². The van der Waals surface area contributed by atoms with Gasteiger partial charge in [-0.05, 0) is 60.2 Å². The van der Waals surface area contributed by atoms with Crippen molar-refractivity contribution in [3.63, 3.8) is 0 Å². The molecule has 0 N–H and O–H groups in total. The van der Waals surface area contributed by atoms with Crippen LogP contribution in [-0.4, -0.2) is 4.57 Å². The van der Waals surface area contributed by atoms with E-state index in [0.717, 1.165) is 61.3 Å². The molecule has 2 aromatic heterocycles. The van der Waals surface area contributed by atoms with Crippen molar-refractivity contribution in [2.75, 3.05) is 4.90 Å². The van der Waals surface area contributed by atoms with Crippen LogP contribution in [0.2, 0.25) is 0 Å². The predicted octanol–water partition coefficient (Wildman–Crippen LogP) is 10.7. The van der Waals surface area contributed by atoms with Crippen molar-refractivity contribution >= 4 is 50.0 Å². The molecule has 0 spiro atoms. The molecule has 0 fully saturated rings. The normalized spacial score (nSPS) is 11.4. The lowest BCUT2D eigenvalue weighted by molar-refractivity contribution is 0.673. The van der Waals surface area contributed by atoms with Crippen LogP contribution < -0.4 is 4.90 Å². The summed E-state index contributed by atoms with van der Waals surface area (Å²) in [6.45, 7) is 0. The number of hydrogen-bond acceptors (Lipinski definition) is 2. The quantitative estimate of drug-likeness (QED) is 0.222. The standard InChI is InChI=1S/C38H26N2O/c1-4-15-27(16-5-1)30-21-10-12-24-33(30)39(28-17-6-2-7-18-28)35-26-14-23-32-36-38(41-37(32)35)31-22-11-13-25-34(31)40(36)29-19-8-3-9-20-29/h1-26H. The molecular weight excluding hydrogens is 500 g/mol. The SMILES string of the molecule is c1ccc(-c2ccccc2N(c2ccccc2)c2cccc3c2oc2c4ccccc4n(-c4ccccc4)c32)cc1. The highest BCUT2D eigenvalue weighted by Gasteiger charge is 2.24. The fourth-order valence-electron chi connectivity index (χ4n) is 6.01. The maximum atomic E-state index is 6.91. The maximum absolute atomic E-state index is 6.91. The Morgan fingerprint density at radius 2 is 1.07 bits per heavy atom. The fraction of sp³-hybridized carbons (Fsp3) is 0. The highest BCUT2D eigenvalue weighted by molar-refractivity contribution is 6.18. The molecule has 6 aromatic carbocycles. The van der Waals surface area contributed by atoms with Crippen LogP contribution in [0.15, 0.2) is 162 Å². The number of rotatable bonds is 5. The van der Waals surface area contributed by atoms with E-state index in [4.69, 9.17) is 4.42 Å². The minimum Gasteiger partial charge on any atom is -0.451 e. The molecular formula is C38H26N2O. The molecule has 0 aliphatic carbocycles. The van der Waals surface area contributed by atoms with Gasteiger partial charge in [-0.2, -0.15) is 0 Å². The van der Waals surface area contributed by atoms with E-state index in [9.17, 15) is 0 Å². The Morgan fingerprint density at radius 3 is 1.88 bits per heavy atom. The average Bonchev–Trinajstić information content (AvgIpc) is 3.58. The summed E-state index contributed by atoms with van der Waals surface area (Å²) in [5.74, 6) is 0. The van der Waals surface area contributed by atoms with Crippen LogP contribution >= 0.6 is 0 Å². The first-order chi connectivity index (χ1) is 20.4. The lowest BCUT2D eigenvalue weighted by atomic mass is 10.0. The van der Waals surface area contributed by atoms with Gasteiger partial charge in [-0.1, -0.05) is 103 Å². The van der Waals surface area contributed by atoms with Gasteiger partial charge >= 0.3 is 0 Å². The van der Waals surface area contributed by atoms with E-state index in [0.29, 0.717) is 0 Å². The molecule has 0 saturated heterocycles. The second kappa shape index (κ2) is 9.58. The van der Waals surface area contributed by atoms with Crippen LogP contribution in [0, 0.1) is 0 Å². The summed E-state index contributed by atoms with van der Waals surface area (Å²) in [5, 5.41) is 2.18.